The van der Waals surface area contributed by atoms with Gasteiger partial charge in [0.2, 0.25) is 0 Å². The Hall–Kier alpha value is -0.830. The van der Waals surface area contributed by atoms with E-state index in [0.717, 1.165) is 29.3 Å². The highest BCUT2D eigenvalue weighted by atomic mass is 79.9. The number of hydrogen-bond donors (Lipinski definition) is 0. The minimum absolute atomic E-state index is 0.105. The van der Waals surface area contributed by atoms with E-state index < -0.39 is 0 Å². The van der Waals surface area contributed by atoms with Crippen LogP contribution >= 0.6 is 15.9 Å². The molecule has 1 fully saturated rings. The van der Waals surface area contributed by atoms with Gasteiger partial charge in [-0.05, 0) is 30.5 Å². The number of ether oxygens (including phenoxy) is 1. The van der Waals surface area contributed by atoms with Crippen LogP contribution in [0.3, 0.4) is 0 Å². The Morgan fingerprint density at radius 2 is 2.20 bits per heavy atom. The average molecular weight is 269 g/mol. The number of halogens is 1. The molecule has 1 saturated carbocycles. The van der Waals surface area contributed by atoms with E-state index >= 15 is 0 Å². The van der Waals surface area contributed by atoms with E-state index in [-0.39, 0.29) is 11.4 Å². The van der Waals surface area contributed by atoms with E-state index in [1.807, 2.05) is 24.3 Å². The fourth-order valence-electron chi connectivity index (χ4n) is 2.12. The Morgan fingerprint density at radius 1 is 1.47 bits per heavy atom. The molecule has 3 heteroatoms. The fraction of sp³-hybridized carbons (Fsp3) is 0.417. The molecule has 1 aromatic rings. The summed E-state index contributed by atoms with van der Waals surface area (Å²) in [6.07, 6.45) is 2.90. The number of carbonyl (C=O) groups is 1. The molecule has 0 atom stereocenters. The van der Waals surface area contributed by atoms with Gasteiger partial charge in [-0.2, -0.15) is 0 Å². The smallest absolute Gasteiger partial charge is 0.316 e. The lowest BCUT2D eigenvalue weighted by Crippen LogP contribution is -2.43. The molecular formula is C12H13BrO2. The van der Waals surface area contributed by atoms with Crippen molar-refractivity contribution in [1.29, 1.82) is 0 Å². The predicted molar refractivity (Wildman–Crippen MR) is 61.7 cm³/mol. The summed E-state index contributed by atoms with van der Waals surface area (Å²) in [6.45, 7) is 0. The van der Waals surface area contributed by atoms with Gasteiger partial charge >= 0.3 is 5.97 Å². The number of carbonyl (C=O) groups excluding carboxylic acids is 1. The third-order valence-electron chi connectivity index (χ3n) is 3.16. The van der Waals surface area contributed by atoms with Crippen LogP contribution in [0.25, 0.3) is 0 Å². The van der Waals surface area contributed by atoms with Gasteiger partial charge in [-0.3, -0.25) is 4.79 Å². The van der Waals surface area contributed by atoms with Crippen LogP contribution in [-0.2, 0) is 14.9 Å². The SMILES string of the molecule is COC(=O)C1(c2cccc(Br)c2)CCC1. The monoisotopic (exact) mass is 268 g/mol. The van der Waals surface area contributed by atoms with Crippen LogP contribution in [0.15, 0.2) is 28.7 Å². The van der Waals surface area contributed by atoms with Crippen LogP contribution < -0.4 is 0 Å². The van der Waals surface area contributed by atoms with Crippen molar-refractivity contribution in [2.45, 2.75) is 24.7 Å². The predicted octanol–water partition coefficient (Wildman–Crippen LogP) is 3.04. The van der Waals surface area contributed by atoms with E-state index in [1.165, 1.54) is 7.11 Å². The molecule has 0 saturated heterocycles. The summed E-state index contributed by atoms with van der Waals surface area (Å²) >= 11 is 3.43. The quantitative estimate of drug-likeness (QED) is 0.771. The maximum absolute atomic E-state index is 11.8. The molecule has 0 radical (unpaired) electrons. The first kappa shape index (κ1) is 10.7. The largest absolute Gasteiger partial charge is 0.468 e. The second-order valence-corrected chi connectivity index (χ2v) is 4.85. The Kier molecular flexibility index (Phi) is 2.83. The zero-order valence-corrected chi connectivity index (χ0v) is 10.2. The molecule has 0 aliphatic heterocycles. The van der Waals surface area contributed by atoms with Crippen LogP contribution in [0.4, 0.5) is 0 Å². The summed E-state index contributed by atoms with van der Waals surface area (Å²) in [7, 11) is 1.46. The molecule has 15 heavy (non-hydrogen) atoms. The molecule has 2 nitrogen and oxygen atoms in total. The highest BCUT2D eigenvalue weighted by Gasteiger charge is 2.46. The first-order valence-corrected chi connectivity index (χ1v) is 5.83. The number of esters is 1. The van der Waals surface area contributed by atoms with Crippen LogP contribution in [0.5, 0.6) is 0 Å². The van der Waals surface area contributed by atoms with E-state index in [1.54, 1.807) is 0 Å². The lowest BCUT2D eigenvalue weighted by Gasteiger charge is -2.39. The van der Waals surface area contributed by atoms with Crippen molar-refractivity contribution in [3.05, 3.63) is 34.3 Å². The first-order chi connectivity index (χ1) is 7.19. The van der Waals surface area contributed by atoms with Crippen molar-refractivity contribution < 1.29 is 9.53 Å². The number of benzene rings is 1. The number of methoxy groups -OCH3 is 1. The number of rotatable bonds is 2. The molecule has 1 aliphatic rings. The Labute approximate surface area is 97.8 Å². The third-order valence-corrected chi connectivity index (χ3v) is 3.65. The van der Waals surface area contributed by atoms with Crippen LogP contribution in [-0.4, -0.2) is 13.1 Å². The Bertz CT molecular complexity index is 383. The zero-order chi connectivity index (χ0) is 10.9. The van der Waals surface area contributed by atoms with E-state index in [9.17, 15) is 4.79 Å². The minimum atomic E-state index is -0.376. The summed E-state index contributed by atoms with van der Waals surface area (Å²) in [5.74, 6) is -0.105. The highest BCUT2D eigenvalue weighted by Crippen LogP contribution is 2.45. The molecular weight excluding hydrogens is 256 g/mol. The van der Waals surface area contributed by atoms with Crippen molar-refractivity contribution in [2.24, 2.45) is 0 Å². The lowest BCUT2D eigenvalue weighted by atomic mass is 9.64. The Balaban J connectivity index is 2.38. The second kappa shape index (κ2) is 3.97. The maximum atomic E-state index is 11.8. The van der Waals surface area contributed by atoms with E-state index in [0.29, 0.717) is 0 Å². The van der Waals surface area contributed by atoms with Crippen LogP contribution in [0.1, 0.15) is 24.8 Å². The molecule has 80 valence electrons. The van der Waals surface area contributed by atoms with Crippen LogP contribution in [0.2, 0.25) is 0 Å². The average Bonchev–Trinajstić information content (AvgIpc) is 2.16. The molecule has 0 unspecified atom stereocenters. The van der Waals surface area contributed by atoms with Gasteiger partial charge in [0.05, 0.1) is 12.5 Å². The molecule has 0 amide bonds. The summed E-state index contributed by atoms with van der Waals surface area (Å²) in [4.78, 5) is 11.8. The molecule has 0 N–H and O–H groups in total. The van der Waals surface area contributed by atoms with Gasteiger partial charge in [0.15, 0.2) is 0 Å². The van der Waals surface area contributed by atoms with Gasteiger partial charge in [-0.25, -0.2) is 0 Å². The lowest BCUT2D eigenvalue weighted by molar-refractivity contribution is -0.151. The highest BCUT2D eigenvalue weighted by molar-refractivity contribution is 9.10. The molecule has 0 spiro atoms. The van der Waals surface area contributed by atoms with Gasteiger partial charge in [0, 0.05) is 4.47 Å². The topological polar surface area (TPSA) is 26.3 Å². The molecule has 1 aliphatic carbocycles. The first-order valence-electron chi connectivity index (χ1n) is 5.03. The minimum Gasteiger partial charge on any atom is -0.468 e. The maximum Gasteiger partial charge on any atom is 0.316 e. The van der Waals surface area contributed by atoms with Crippen molar-refractivity contribution >= 4 is 21.9 Å². The van der Waals surface area contributed by atoms with Crippen molar-refractivity contribution in [1.82, 2.24) is 0 Å². The van der Waals surface area contributed by atoms with Gasteiger partial charge in [0.1, 0.15) is 0 Å². The van der Waals surface area contributed by atoms with E-state index in [2.05, 4.69) is 15.9 Å². The van der Waals surface area contributed by atoms with E-state index in [4.69, 9.17) is 4.74 Å². The summed E-state index contributed by atoms with van der Waals surface area (Å²) in [5, 5.41) is 0. The molecule has 0 bridgehead atoms. The van der Waals surface area contributed by atoms with Gasteiger partial charge in [0.25, 0.3) is 0 Å². The van der Waals surface area contributed by atoms with Crippen LogP contribution in [0, 0.1) is 0 Å². The summed E-state index contributed by atoms with van der Waals surface area (Å²) in [6, 6.07) is 7.94. The van der Waals surface area contributed by atoms with Gasteiger partial charge < -0.3 is 4.74 Å². The molecule has 2 rings (SSSR count). The third kappa shape index (κ3) is 1.69. The fourth-order valence-corrected chi connectivity index (χ4v) is 2.52. The normalized spacial score (nSPS) is 18.0. The van der Waals surface area contributed by atoms with Gasteiger partial charge in [-0.1, -0.05) is 34.5 Å². The Morgan fingerprint density at radius 3 is 2.67 bits per heavy atom. The molecule has 1 aromatic carbocycles. The zero-order valence-electron chi connectivity index (χ0n) is 8.63. The second-order valence-electron chi connectivity index (χ2n) is 3.94. The van der Waals surface area contributed by atoms with Crippen molar-refractivity contribution in [2.75, 3.05) is 7.11 Å². The number of hydrogen-bond acceptors (Lipinski definition) is 2. The summed E-state index contributed by atoms with van der Waals surface area (Å²) < 4.78 is 5.91. The molecule has 0 heterocycles. The standard InChI is InChI=1S/C12H13BrO2/c1-15-11(14)12(6-3-7-12)9-4-2-5-10(13)8-9/h2,4-5,8H,3,6-7H2,1H3. The van der Waals surface area contributed by atoms with Crippen molar-refractivity contribution in [3.8, 4) is 0 Å². The van der Waals surface area contributed by atoms with Gasteiger partial charge in [-0.15, -0.1) is 0 Å². The molecule has 0 aromatic heterocycles. The summed E-state index contributed by atoms with van der Waals surface area (Å²) in [5.41, 5.74) is 0.688. The van der Waals surface area contributed by atoms with Crippen molar-refractivity contribution in [3.63, 3.8) is 0 Å².